The Morgan fingerprint density at radius 2 is 1.58 bits per heavy atom. The van der Waals surface area contributed by atoms with Gasteiger partial charge in [-0.25, -0.2) is 9.69 Å². The van der Waals surface area contributed by atoms with E-state index in [1.807, 2.05) is 55.5 Å². The van der Waals surface area contributed by atoms with Gasteiger partial charge in [0.05, 0.1) is 6.54 Å². The van der Waals surface area contributed by atoms with Gasteiger partial charge in [0, 0.05) is 5.56 Å². The van der Waals surface area contributed by atoms with E-state index in [-0.39, 0.29) is 11.9 Å². The summed E-state index contributed by atoms with van der Waals surface area (Å²) in [6, 6.07) is 19.3. The highest BCUT2D eigenvalue weighted by molar-refractivity contribution is 6.07. The Bertz CT molecular complexity index is 763. The number of nitrogens with one attached hydrogen (secondary N) is 2. The summed E-state index contributed by atoms with van der Waals surface area (Å²) in [5.41, 5.74) is 1.08. The SMILES string of the molecule is CC[NH+](Cc1ccccc1)CN1C(=O)N[C@@](CC)(c2ccccc2)C1=O. The Hall–Kier alpha value is -2.66. The number of imide groups is 1. The van der Waals surface area contributed by atoms with Crippen LogP contribution in [0, 0.1) is 0 Å². The summed E-state index contributed by atoms with van der Waals surface area (Å²) in [7, 11) is 0. The van der Waals surface area contributed by atoms with Crippen molar-refractivity contribution in [2.45, 2.75) is 32.4 Å². The lowest BCUT2D eigenvalue weighted by atomic mass is 9.87. The number of benzene rings is 2. The number of urea groups is 1. The largest absolute Gasteiger partial charge is 0.329 e. The Labute approximate surface area is 154 Å². The third-order valence-corrected chi connectivity index (χ3v) is 5.15. The van der Waals surface area contributed by atoms with Crippen molar-refractivity contribution in [3.63, 3.8) is 0 Å². The molecule has 2 N–H and O–H groups in total. The van der Waals surface area contributed by atoms with Crippen molar-refractivity contribution in [3.05, 3.63) is 71.8 Å². The number of nitrogens with zero attached hydrogens (tertiary/aromatic N) is 1. The summed E-state index contributed by atoms with van der Waals surface area (Å²) in [5.74, 6) is -0.157. The molecule has 0 bridgehead atoms. The van der Waals surface area contributed by atoms with Gasteiger partial charge < -0.3 is 10.2 Å². The second-order valence-electron chi connectivity index (χ2n) is 6.71. The van der Waals surface area contributed by atoms with E-state index >= 15 is 0 Å². The summed E-state index contributed by atoms with van der Waals surface area (Å²) < 4.78 is 0. The molecule has 26 heavy (non-hydrogen) atoms. The molecule has 1 unspecified atom stereocenters. The van der Waals surface area contributed by atoms with E-state index in [4.69, 9.17) is 0 Å². The van der Waals surface area contributed by atoms with Crippen LogP contribution in [0.2, 0.25) is 0 Å². The van der Waals surface area contributed by atoms with Gasteiger partial charge in [0.2, 0.25) is 0 Å². The number of rotatable bonds is 7. The average molecular weight is 352 g/mol. The molecule has 1 fully saturated rings. The van der Waals surface area contributed by atoms with Crippen LogP contribution in [0.1, 0.15) is 31.4 Å². The van der Waals surface area contributed by atoms with Gasteiger partial charge in [0.1, 0.15) is 12.1 Å². The number of carbonyl (C=O) groups excluding carboxylic acids is 2. The first-order valence-electron chi connectivity index (χ1n) is 9.18. The average Bonchev–Trinajstić information content (AvgIpc) is 2.94. The van der Waals surface area contributed by atoms with Crippen molar-refractivity contribution < 1.29 is 14.5 Å². The Morgan fingerprint density at radius 1 is 0.962 bits per heavy atom. The van der Waals surface area contributed by atoms with Crippen LogP contribution in [-0.4, -0.2) is 30.1 Å². The molecular formula is C21H26N3O2+. The number of hydrogen-bond donors (Lipinski definition) is 2. The summed E-state index contributed by atoms with van der Waals surface area (Å²) in [6.45, 7) is 5.98. The summed E-state index contributed by atoms with van der Waals surface area (Å²) >= 11 is 0. The molecule has 3 rings (SSSR count). The molecule has 1 saturated heterocycles. The van der Waals surface area contributed by atoms with E-state index in [0.29, 0.717) is 13.1 Å². The number of carbonyl (C=O) groups is 2. The fraction of sp³-hybridized carbons (Fsp3) is 0.333. The highest BCUT2D eigenvalue weighted by atomic mass is 16.2. The van der Waals surface area contributed by atoms with E-state index in [1.165, 1.54) is 15.4 Å². The van der Waals surface area contributed by atoms with Crippen LogP contribution >= 0.6 is 0 Å². The molecule has 2 aromatic carbocycles. The van der Waals surface area contributed by atoms with E-state index in [9.17, 15) is 9.59 Å². The van der Waals surface area contributed by atoms with Gasteiger partial charge in [-0.05, 0) is 18.9 Å². The van der Waals surface area contributed by atoms with Gasteiger partial charge in [-0.1, -0.05) is 67.6 Å². The summed E-state index contributed by atoms with van der Waals surface area (Å²) in [5, 5.41) is 2.95. The van der Waals surface area contributed by atoms with Crippen molar-refractivity contribution in [3.8, 4) is 0 Å². The van der Waals surface area contributed by atoms with Crippen LogP contribution in [-0.2, 0) is 16.9 Å². The molecule has 5 nitrogen and oxygen atoms in total. The molecule has 1 aliphatic heterocycles. The minimum Gasteiger partial charge on any atom is -0.319 e. The second-order valence-corrected chi connectivity index (χ2v) is 6.71. The summed E-state index contributed by atoms with van der Waals surface area (Å²) in [6.07, 6.45) is 0.526. The predicted molar refractivity (Wildman–Crippen MR) is 100 cm³/mol. The van der Waals surface area contributed by atoms with Gasteiger partial charge in [-0.15, -0.1) is 0 Å². The van der Waals surface area contributed by atoms with Crippen LogP contribution in [0.25, 0.3) is 0 Å². The molecule has 2 atom stereocenters. The lowest BCUT2D eigenvalue weighted by Crippen LogP contribution is -3.12. The quantitative estimate of drug-likeness (QED) is 0.748. The zero-order chi connectivity index (χ0) is 18.6. The molecule has 2 aromatic rings. The first-order chi connectivity index (χ1) is 12.6. The van der Waals surface area contributed by atoms with Crippen molar-refractivity contribution in [2.75, 3.05) is 13.2 Å². The minimum atomic E-state index is -0.954. The topological polar surface area (TPSA) is 53.9 Å². The number of hydrogen-bond acceptors (Lipinski definition) is 2. The van der Waals surface area contributed by atoms with Crippen molar-refractivity contribution >= 4 is 11.9 Å². The lowest BCUT2D eigenvalue weighted by molar-refractivity contribution is -0.919. The Morgan fingerprint density at radius 3 is 2.15 bits per heavy atom. The molecule has 0 spiro atoms. The lowest BCUT2D eigenvalue weighted by Gasteiger charge is -2.26. The second kappa shape index (κ2) is 7.70. The third-order valence-electron chi connectivity index (χ3n) is 5.15. The molecule has 0 aliphatic carbocycles. The molecule has 1 heterocycles. The summed E-state index contributed by atoms with van der Waals surface area (Å²) in [4.78, 5) is 28.4. The normalized spacial score (nSPS) is 20.9. The monoisotopic (exact) mass is 352 g/mol. The fourth-order valence-electron chi connectivity index (χ4n) is 3.53. The number of amides is 3. The van der Waals surface area contributed by atoms with Crippen LogP contribution in [0.4, 0.5) is 4.79 Å². The fourth-order valence-corrected chi connectivity index (χ4v) is 3.53. The highest BCUT2D eigenvalue weighted by Crippen LogP contribution is 2.31. The Balaban J connectivity index is 1.80. The van der Waals surface area contributed by atoms with Crippen molar-refractivity contribution in [2.24, 2.45) is 0 Å². The van der Waals surface area contributed by atoms with Crippen LogP contribution in [0.5, 0.6) is 0 Å². The first-order valence-corrected chi connectivity index (χ1v) is 9.18. The third kappa shape index (κ3) is 3.35. The van der Waals surface area contributed by atoms with Crippen LogP contribution in [0.15, 0.2) is 60.7 Å². The van der Waals surface area contributed by atoms with E-state index in [0.717, 1.165) is 18.7 Å². The van der Waals surface area contributed by atoms with Gasteiger partial charge in [-0.3, -0.25) is 4.79 Å². The molecule has 136 valence electrons. The van der Waals surface area contributed by atoms with Crippen LogP contribution in [0.3, 0.4) is 0 Å². The molecular weight excluding hydrogens is 326 g/mol. The van der Waals surface area contributed by atoms with E-state index < -0.39 is 5.54 Å². The van der Waals surface area contributed by atoms with Crippen LogP contribution < -0.4 is 10.2 Å². The molecule has 0 aromatic heterocycles. The zero-order valence-corrected chi connectivity index (χ0v) is 15.4. The maximum Gasteiger partial charge on any atom is 0.329 e. The van der Waals surface area contributed by atoms with E-state index in [2.05, 4.69) is 24.4 Å². The number of quaternary nitrogens is 1. The maximum absolute atomic E-state index is 13.2. The Kier molecular flexibility index (Phi) is 5.38. The highest BCUT2D eigenvalue weighted by Gasteiger charge is 2.52. The van der Waals surface area contributed by atoms with Gasteiger partial charge >= 0.3 is 6.03 Å². The zero-order valence-electron chi connectivity index (χ0n) is 15.4. The van der Waals surface area contributed by atoms with Gasteiger partial charge in [0.25, 0.3) is 5.91 Å². The molecule has 5 heteroatoms. The first kappa shape index (κ1) is 18.1. The predicted octanol–water partition coefficient (Wildman–Crippen LogP) is 1.91. The molecule has 1 aliphatic rings. The molecule has 3 amide bonds. The maximum atomic E-state index is 13.2. The van der Waals surface area contributed by atoms with Crippen molar-refractivity contribution in [1.82, 2.24) is 10.2 Å². The smallest absolute Gasteiger partial charge is 0.319 e. The standard InChI is InChI=1S/C21H25N3O2/c1-3-21(18-13-9-6-10-14-18)19(25)24(20(26)22-21)16-23(4-2)15-17-11-7-5-8-12-17/h5-14H,3-4,15-16H2,1-2H3,(H,22,26)/p+1/t21-/m0/s1. The molecule has 0 saturated carbocycles. The minimum absolute atomic E-state index is 0.157. The van der Waals surface area contributed by atoms with Crippen molar-refractivity contribution in [1.29, 1.82) is 0 Å². The van der Waals surface area contributed by atoms with Gasteiger partial charge in [0.15, 0.2) is 6.67 Å². The van der Waals surface area contributed by atoms with E-state index in [1.54, 1.807) is 0 Å². The molecule has 0 radical (unpaired) electrons. The van der Waals surface area contributed by atoms with Gasteiger partial charge in [-0.2, -0.15) is 0 Å².